The third-order valence-electron chi connectivity index (χ3n) is 4.80. The molecule has 1 aliphatic rings. The van der Waals surface area contributed by atoms with Gasteiger partial charge < -0.3 is 0 Å². The highest BCUT2D eigenvalue weighted by Crippen LogP contribution is 2.24. The molecule has 3 rings (SSSR count). The molecular weight excluding hydrogens is 386 g/mol. The lowest BCUT2D eigenvalue weighted by Gasteiger charge is -2.29. The number of nitro groups is 2. The summed E-state index contributed by atoms with van der Waals surface area (Å²) in [5, 5.41) is 21.7. The smallest absolute Gasteiger partial charge is 0.269 e. The third kappa shape index (κ3) is 5.03. The van der Waals surface area contributed by atoms with Gasteiger partial charge in [0.25, 0.3) is 11.4 Å². The van der Waals surface area contributed by atoms with Crippen LogP contribution in [0.25, 0.3) is 12.2 Å². The molecule has 0 saturated carbocycles. The van der Waals surface area contributed by atoms with Crippen LogP contribution in [0.5, 0.6) is 0 Å². The topological polar surface area (TPSA) is 107 Å². The summed E-state index contributed by atoms with van der Waals surface area (Å²) in [5.41, 5.74) is 2.65. The van der Waals surface area contributed by atoms with Crippen molar-refractivity contribution in [3.63, 3.8) is 0 Å². The maximum Gasteiger partial charge on any atom is 0.269 e. The van der Waals surface area contributed by atoms with Crippen molar-refractivity contribution in [1.82, 2.24) is 4.90 Å². The molecule has 1 saturated heterocycles. The Morgan fingerprint density at radius 1 is 0.833 bits per heavy atom. The van der Waals surface area contributed by atoms with Gasteiger partial charge in [-0.1, -0.05) is 6.92 Å². The van der Waals surface area contributed by atoms with Crippen LogP contribution in [0.4, 0.5) is 11.4 Å². The first-order valence-corrected chi connectivity index (χ1v) is 9.54. The van der Waals surface area contributed by atoms with E-state index < -0.39 is 9.85 Å². The molecule has 0 N–H and O–H groups in total. The monoisotopic (exact) mass is 407 g/mol. The van der Waals surface area contributed by atoms with Crippen LogP contribution in [0, 0.1) is 20.2 Å². The zero-order valence-corrected chi connectivity index (χ0v) is 16.5. The molecule has 2 aromatic carbocycles. The third-order valence-corrected chi connectivity index (χ3v) is 4.80. The van der Waals surface area contributed by atoms with Crippen molar-refractivity contribution in [3.8, 4) is 0 Å². The Balaban J connectivity index is 1.91. The molecule has 0 unspecified atom stereocenters. The highest BCUT2D eigenvalue weighted by Gasteiger charge is 2.25. The number of ketones is 1. The summed E-state index contributed by atoms with van der Waals surface area (Å²) in [7, 11) is 0. The second-order valence-electron chi connectivity index (χ2n) is 7.08. The summed E-state index contributed by atoms with van der Waals surface area (Å²) in [6.45, 7) is 3.89. The van der Waals surface area contributed by atoms with E-state index in [1.165, 1.54) is 24.3 Å². The van der Waals surface area contributed by atoms with Gasteiger partial charge in [-0.05, 0) is 60.5 Å². The van der Waals surface area contributed by atoms with Crippen LogP contribution in [0.2, 0.25) is 0 Å². The zero-order valence-electron chi connectivity index (χ0n) is 16.5. The number of carbonyl (C=O) groups is 1. The Labute approximate surface area is 173 Å². The molecule has 0 radical (unpaired) electrons. The predicted octanol–water partition coefficient (Wildman–Crippen LogP) is 4.26. The number of nitrogens with zero attached hydrogens (tertiary/aromatic N) is 3. The molecule has 8 heteroatoms. The Bertz CT molecular complexity index is 944. The molecule has 0 amide bonds. The van der Waals surface area contributed by atoms with E-state index in [1.54, 1.807) is 36.4 Å². The number of nitro benzene ring substituents is 2. The fraction of sp³-hybridized carbons (Fsp3) is 0.227. The number of hydrogen-bond donors (Lipinski definition) is 0. The summed E-state index contributed by atoms with van der Waals surface area (Å²) in [5.74, 6) is -0.0842. The highest BCUT2D eigenvalue weighted by atomic mass is 16.6. The van der Waals surface area contributed by atoms with Crippen LogP contribution < -0.4 is 0 Å². The molecule has 1 aliphatic heterocycles. The van der Waals surface area contributed by atoms with Crippen LogP contribution in [0.1, 0.15) is 24.5 Å². The SMILES string of the molecule is CCCN1C/C(=C/c2ccc([N+](=O)[O-])cc2)C(=O)/C(=C/c2ccc([N+](=O)[O-])cc2)C1. The minimum absolute atomic E-state index is 0.00140. The Morgan fingerprint density at radius 3 is 1.57 bits per heavy atom. The van der Waals surface area contributed by atoms with Crippen LogP contribution in [0.3, 0.4) is 0 Å². The number of non-ortho nitro benzene ring substituents is 2. The van der Waals surface area contributed by atoms with Crippen LogP contribution in [0.15, 0.2) is 59.7 Å². The van der Waals surface area contributed by atoms with E-state index in [0.29, 0.717) is 24.2 Å². The molecule has 0 aromatic heterocycles. The van der Waals surface area contributed by atoms with Gasteiger partial charge in [0.15, 0.2) is 5.78 Å². The fourth-order valence-corrected chi connectivity index (χ4v) is 3.37. The van der Waals surface area contributed by atoms with Crippen molar-refractivity contribution in [1.29, 1.82) is 0 Å². The lowest BCUT2D eigenvalue weighted by Crippen LogP contribution is -2.38. The van der Waals surface area contributed by atoms with Crippen LogP contribution in [-0.2, 0) is 4.79 Å². The lowest BCUT2D eigenvalue weighted by atomic mass is 9.94. The number of Topliss-reactive ketones (excluding diaryl/α,β-unsaturated/α-hetero) is 1. The molecule has 2 aromatic rings. The van der Waals surface area contributed by atoms with Gasteiger partial charge in [0.05, 0.1) is 9.85 Å². The number of benzene rings is 2. The first kappa shape index (κ1) is 21.1. The van der Waals surface area contributed by atoms with E-state index in [1.807, 2.05) is 0 Å². The predicted molar refractivity (Wildman–Crippen MR) is 114 cm³/mol. The van der Waals surface area contributed by atoms with Crippen LogP contribution in [-0.4, -0.2) is 40.2 Å². The first-order valence-electron chi connectivity index (χ1n) is 9.54. The van der Waals surface area contributed by atoms with E-state index in [4.69, 9.17) is 0 Å². The molecule has 0 bridgehead atoms. The minimum atomic E-state index is -0.462. The van der Waals surface area contributed by atoms with E-state index in [0.717, 1.165) is 24.1 Å². The minimum Gasteiger partial charge on any atom is -0.295 e. The number of likely N-dealkylation sites (tertiary alicyclic amines) is 1. The Kier molecular flexibility index (Phi) is 6.48. The molecule has 0 spiro atoms. The maximum atomic E-state index is 13.1. The molecule has 0 atom stereocenters. The summed E-state index contributed by atoms with van der Waals surface area (Å²) in [6, 6.07) is 12.1. The molecule has 30 heavy (non-hydrogen) atoms. The largest absolute Gasteiger partial charge is 0.295 e. The van der Waals surface area contributed by atoms with E-state index >= 15 is 0 Å². The van der Waals surface area contributed by atoms with Crippen LogP contribution >= 0.6 is 0 Å². The first-order chi connectivity index (χ1) is 14.4. The summed E-state index contributed by atoms with van der Waals surface area (Å²) in [6.07, 6.45) is 4.46. The molecule has 1 heterocycles. The summed E-state index contributed by atoms with van der Waals surface area (Å²) < 4.78 is 0. The van der Waals surface area contributed by atoms with Gasteiger partial charge in [-0.25, -0.2) is 0 Å². The second-order valence-corrected chi connectivity index (χ2v) is 7.08. The standard InChI is InChI=1S/C22H21N3O5/c1-2-11-23-14-18(12-16-3-7-20(8-4-16)24(27)28)22(26)19(15-23)13-17-5-9-21(10-6-17)25(29)30/h3-10,12-13H,2,11,14-15H2,1H3/b18-12-,19-13+. The van der Waals surface area contributed by atoms with Gasteiger partial charge in [0.1, 0.15) is 0 Å². The highest BCUT2D eigenvalue weighted by molar-refractivity contribution is 6.14. The van der Waals surface area contributed by atoms with E-state index in [-0.39, 0.29) is 17.2 Å². The quantitative estimate of drug-likeness (QED) is 0.402. The normalized spacial score (nSPS) is 17.4. The molecule has 1 fully saturated rings. The zero-order chi connectivity index (χ0) is 21.7. The molecule has 8 nitrogen and oxygen atoms in total. The van der Waals surface area contributed by atoms with Gasteiger partial charge in [-0.2, -0.15) is 0 Å². The maximum absolute atomic E-state index is 13.1. The van der Waals surface area contributed by atoms with Gasteiger partial charge >= 0.3 is 0 Å². The fourth-order valence-electron chi connectivity index (χ4n) is 3.37. The van der Waals surface area contributed by atoms with Crippen molar-refractivity contribution in [2.75, 3.05) is 19.6 Å². The Morgan fingerprint density at radius 2 is 1.23 bits per heavy atom. The van der Waals surface area contributed by atoms with E-state index in [2.05, 4.69) is 11.8 Å². The van der Waals surface area contributed by atoms with Gasteiger partial charge in [0.2, 0.25) is 0 Å². The number of rotatable bonds is 6. The Hall–Kier alpha value is -3.65. The average Bonchev–Trinajstić information content (AvgIpc) is 2.72. The summed E-state index contributed by atoms with van der Waals surface area (Å²) >= 11 is 0. The van der Waals surface area contributed by atoms with E-state index in [9.17, 15) is 25.0 Å². The van der Waals surface area contributed by atoms with Crippen molar-refractivity contribution >= 4 is 29.3 Å². The van der Waals surface area contributed by atoms with Crippen molar-refractivity contribution < 1.29 is 14.6 Å². The van der Waals surface area contributed by atoms with Gasteiger partial charge in [-0.15, -0.1) is 0 Å². The number of hydrogen-bond acceptors (Lipinski definition) is 6. The molecule has 0 aliphatic carbocycles. The van der Waals surface area contributed by atoms with Gasteiger partial charge in [-0.3, -0.25) is 29.9 Å². The summed E-state index contributed by atoms with van der Waals surface area (Å²) in [4.78, 5) is 36.0. The van der Waals surface area contributed by atoms with Gasteiger partial charge in [0, 0.05) is 48.5 Å². The molecular formula is C22H21N3O5. The second kappa shape index (κ2) is 9.23. The number of piperidine rings is 1. The van der Waals surface area contributed by atoms with Crippen molar-refractivity contribution in [2.45, 2.75) is 13.3 Å². The number of carbonyl (C=O) groups excluding carboxylic acids is 1. The van der Waals surface area contributed by atoms with Crippen molar-refractivity contribution in [3.05, 3.63) is 91.0 Å². The lowest BCUT2D eigenvalue weighted by molar-refractivity contribution is -0.385. The van der Waals surface area contributed by atoms with Crippen molar-refractivity contribution in [2.24, 2.45) is 0 Å². The molecule has 154 valence electrons. The average molecular weight is 407 g/mol.